The quantitative estimate of drug-likeness (QED) is 0.801. The van der Waals surface area contributed by atoms with Crippen LogP contribution in [0.4, 0.5) is 5.82 Å². The molecule has 2 heterocycles. The number of carboxylic acid groups (broad SMARTS) is 1. The maximum atomic E-state index is 10.8. The SMILES string of the molecule is O=C(O)c1ccnc(N2CCCCC2)c1. The summed E-state index contributed by atoms with van der Waals surface area (Å²) in [7, 11) is 0. The Kier molecular flexibility index (Phi) is 2.85. The van der Waals surface area contributed by atoms with Crippen LogP contribution in [0.3, 0.4) is 0 Å². The Hall–Kier alpha value is -1.58. The van der Waals surface area contributed by atoms with Crippen molar-refractivity contribution in [2.45, 2.75) is 19.3 Å². The fraction of sp³-hybridized carbons (Fsp3) is 0.455. The van der Waals surface area contributed by atoms with Gasteiger partial charge in [0.25, 0.3) is 0 Å². The van der Waals surface area contributed by atoms with E-state index in [9.17, 15) is 4.79 Å². The Morgan fingerprint density at radius 3 is 2.73 bits per heavy atom. The monoisotopic (exact) mass is 206 g/mol. The molecule has 1 aromatic rings. The van der Waals surface area contributed by atoms with Gasteiger partial charge in [0.1, 0.15) is 5.82 Å². The lowest BCUT2D eigenvalue weighted by molar-refractivity contribution is 0.0697. The Morgan fingerprint density at radius 1 is 1.33 bits per heavy atom. The fourth-order valence-electron chi connectivity index (χ4n) is 1.85. The van der Waals surface area contributed by atoms with Crippen LogP contribution in [0.5, 0.6) is 0 Å². The van der Waals surface area contributed by atoms with E-state index in [1.54, 1.807) is 12.3 Å². The van der Waals surface area contributed by atoms with Crippen molar-refractivity contribution in [3.8, 4) is 0 Å². The summed E-state index contributed by atoms with van der Waals surface area (Å²) in [5.74, 6) is -0.106. The molecule has 1 saturated heterocycles. The summed E-state index contributed by atoms with van der Waals surface area (Å²) in [6.07, 6.45) is 5.15. The van der Waals surface area contributed by atoms with Gasteiger partial charge >= 0.3 is 5.97 Å². The van der Waals surface area contributed by atoms with E-state index in [-0.39, 0.29) is 0 Å². The van der Waals surface area contributed by atoms with Crippen LogP contribution < -0.4 is 4.90 Å². The van der Waals surface area contributed by atoms with Gasteiger partial charge in [-0.15, -0.1) is 0 Å². The van der Waals surface area contributed by atoms with Gasteiger partial charge in [0, 0.05) is 19.3 Å². The Balaban J connectivity index is 2.19. The van der Waals surface area contributed by atoms with E-state index in [2.05, 4.69) is 9.88 Å². The van der Waals surface area contributed by atoms with Gasteiger partial charge in [-0.1, -0.05) is 0 Å². The first-order valence-corrected chi connectivity index (χ1v) is 5.21. The van der Waals surface area contributed by atoms with E-state index in [0.717, 1.165) is 18.9 Å². The first-order chi connectivity index (χ1) is 7.27. The van der Waals surface area contributed by atoms with Crippen LogP contribution in [0.15, 0.2) is 18.3 Å². The second-order valence-corrected chi connectivity index (χ2v) is 3.76. The zero-order valence-electron chi connectivity index (χ0n) is 8.52. The first kappa shape index (κ1) is 9.96. The molecule has 80 valence electrons. The van der Waals surface area contributed by atoms with Gasteiger partial charge in [0.15, 0.2) is 0 Å². The second-order valence-electron chi connectivity index (χ2n) is 3.76. The number of hydrogen-bond donors (Lipinski definition) is 1. The Morgan fingerprint density at radius 2 is 2.07 bits per heavy atom. The summed E-state index contributed by atoms with van der Waals surface area (Å²) < 4.78 is 0. The highest BCUT2D eigenvalue weighted by Gasteiger charge is 2.13. The van der Waals surface area contributed by atoms with E-state index in [1.165, 1.54) is 25.3 Å². The maximum Gasteiger partial charge on any atom is 0.335 e. The minimum Gasteiger partial charge on any atom is -0.478 e. The number of nitrogens with zero attached hydrogens (tertiary/aromatic N) is 2. The minimum atomic E-state index is -0.893. The lowest BCUT2D eigenvalue weighted by Gasteiger charge is -2.27. The maximum absolute atomic E-state index is 10.8. The zero-order chi connectivity index (χ0) is 10.7. The minimum absolute atomic E-state index is 0.311. The van der Waals surface area contributed by atoms with Crippen molar-refractivity contribution in [3.63, 3.8) is 0 Å². The summed E-state index contributed by atoms with van der Waals surface area (Å²) in [6, 6.07) is 3.17. The predicted molar refractivity (Wildman–Crippen MR) is 57.3 cm³/mol. The summed E-state index contributed by atoms with van der Waals surface area (Å²) in [6.45, 7) is 1.96. The highest BCUT2D eigenvalue weighted by molar-refractivity contribution is 5.88. The third kappa shape index (κ3) is 2.26. The highest BCUT2D eigenvalue weighted by atomic mass is 16.4. The predicted octanol–water partition coefficient (Wildman–Crippen LogP) is 1.77. The van der Waals surface area contributed by atoms with Crippen LogP contribution in [0, 0.1) is 0 Å². The number of piperidine rings is 1. The van der Waals surface area contributed by atoms with Crippen LogP contribution >= 0.6 is 0 Å². The molecule has 1 aromatic heterocycles. The number of anilines is 1. The summed E-state index contributed by atoms with van der Waals surface area (Å²) in [4.78, 5) is 17.1. The summed E-state index contributed by atoms with van der Waals surface area (Å²) in [5.41, 5.74) is 0.311. The first-order valence-electron chi connectivity index (χ1n) is 5.21. The fourth-order valence-corrected chi connectivity index (χ4v) is 1.85. The highest BCUT2D eigenvalue weighted by Crippen LogP contribution is 2.18. The normalized spacial score (nSPS) is 16.4. The van der Waals surface area contributed by atoms with E-state index >= 15 is 0 Å². The molecule has 1 N–H and O–H groups in total. The van der Waals surface area contributed by atoms with Gasteiger partial charge in [0.2, 0.25) is 0 Å². The molecule has 0 spiro atoms. The van der Waals surface area contributed by atoms with E-state index in [4.69, 9.17) is 5.11 Å². The third-order valence-corrected chi connectivity index (χ3v) is 2.67. The lowest BCUT2D eigenvalue weighted by atomic mass is 10.1. The summed E-state index contributed by atoms with van der Waals surface area (Å²) >= 11 is 0. The van der Waals surface area contributed by atoms with Crippen LogP contribution in [0.2, 0.25) is 0 Å². The van der Waals surface area contributed by atoms with Crippen LogP contribution in [-0.4, -0.2) is 29.1 Å². The van der Waals surface area contributed by atoms with Crippen LogP contribution in [0.25, 0.3) is 0 Å². The third-order valence-electron chi connectivity index (χ3n) is 2.67. The van der Waals surface area contributed by atoms with Crippen LogP contribution in [0.1, 0.15) is 29.6 Å². The van der Waals surface area contributed by atoms with E-state index in [1.807, 2.05) is 0 Å². The standard InChI is InChI=1S/C11H14N2O2/c14-11(15)9-4-5-12-10(8-9)13-6-2-1-3-7-13/h4-5,8H,1-3,6-7H2,(H,14,15). The average Bonchev–Trinajstić information content (AvgIpc) is 2.30. The smallest absolute Gasteiger partial charge is 0.335 e. The lowest BCUT2D eigenvalue weighted by Crippen LogP contribution is -2.30. The number of carboxylic acids is 1. The Labute approximate surface area is 88.6 Å². The van der Waals surface area contributed by atoms with Gasteiger partial charge < -0.3 is 10.0 Å². The molecule has 0 aliphatic carbocycles. The van der Waals surface area contributed by atoms with Crippen molar-refractivity contribution >= 4 is 11.8 Å². The van der Waals surface area contributed by atoms with Crippen molar-refractivity contribution in [2.75, 3.05) is 18.0 Å². The van der Waals surface area contributed by atoms with Gasteiger partial charge in [-0.2, -0.15) is 0 Å². The molecule has 0 radical (unpaired) electrons. The van der Waals surface area contributed by atoms with E-state index in [0.29, 0.717) is 5.56 Å². The number of aromatic nitrogens is 1. The molecule has 0 unspecified atom stereocenters. The largest absolute Gasteiger partial charge is 0.478 e. The average molecular weight is 206 g/mol. The molecule has 0 saturated carbocycles. The molecule has 1 aliphatic rings. The van der Waals surface area contributed by atoms with E-state index < -0.39 is 5.97 Å². The second kappa shape index (κ2) is 4.29. The molecule has 1 aliphatic heterocycles. The zero-order valence-corrected chi connectivity index (χ0v) is 8.52. The molecule has 0 bridgehead atoms. The molecule has 1 fully saturated rings. The molecular weight excluding hydrogens is 192 g/mol. The Bertz CT molecular complexity index is 359. The molecule has 2 rings (SSSR count). The van der Waals surface area contributed by atoms with Gasteiger partial charge in [-0.3, -0.25) is 0 Å². The number of aromatic carboxylic acids is 1. The molecule has 0 aromatic carbocycles. The molecule has 4 heteroatoms. The van der Waals surface area contributed by atoms with Gasteiger partial charge in [-0.25, -0.2) is 9.78 Å². The number of pyridine rings is 1. The number of rotatable bonds is 2. The molecule has 0 atom stereocenters. The molecular formula is C11H14N2O2. The van der Waals surface area contributed by atoms with Gasteiger partial charge in [0.05, 0.1) is 5.56 Å². The molecule has 15 heavy (non-hydrogen) atoms. The van der Waals surface area contributed by atoms with Crippen molar-refractivity contribution < 1.29 is 9.90 Å². The van der Waals surface area contributed by atoms with Crippen molar-refractivity contribution in [1.82, 2.24) is 4.98 Å². The van der Waals surface area contributed by atoms with Crippen molar-refractivity contribution in [2.24, 2.45) is 0 Å². The number of hydrogen-bond acceptors (Lipinski definition) is 3. The summed E-state index contributed by atoms with van der Waals surface area (Å²) in [5, 5.41) is 8.86. The molecule has 4 nitrogen and oxygen atoms in total. The topological polar surface area (TPSA) is 53.4 Å². The van der Waals surface area contributed by atoms with Gasteiger partial charge in [-0.05, 0) is 31.4 Å². The van der Waals surface area contributed by atoms with Crippen molar-refractivity contribution in [3.05, 3.63) is 23.9 Å². The molecule has 0 amide bonds. The number of carbonyl (C=O) groups is 1. The van der Waals surface area contributed by atoms with Crippen molar-refractivity contribution in [1.29, 1.82) is 0 Å². The van der Waals surface area contributed by atoms with Crippen LogP contribution in [-0.2, 0) is 0 Å².